The number of aromatic nitrogens is 2. The summed E-state index contributed by atoms with van der Waals surface area (Å²) in [6.07, 6.45) is 2.04. The van der Waals surface area contributed by atoms with E-state index in [1.807, 2.05) is 43.0 Å². The largest absolute Gasteiger partial charge is 0.497 e. The maximum absolute atomic E-state index is 5.43. The number of methoxy groups -OCH3 is 2. The molecule has 1 N–H and O–H groups in total. The first-order valence-corrected chi connectivity index (χ1v) is 6.99. The lowest BCUT2D eigenvalue weighted by molar-refractivity contribution is 0.391. The molecule has 21 heavy (non-hydrogen) atoms. The Kier molecular flexibility index (Phi) is 4.85. The summed E-state index contributed by atoms with van der Waals surface area (Å²) >= 11 is 0. The van der Waals surface area contributed by atoms with Gasteiger partial charge in [-0.25, -0.2) is 0 Å². The average Bonchev–Trinajstić information content (AvgIpc) is 2.81. The van der Waals surface area contributed by atoms with Crippen molar-refractivity contribution in [3.8, 4) is 11.5 Å². The smallest absolute Gasteiger partial charge is 0.123 e. The SMILES string of the molecule is COc1ccc(OC)c(C(C)NCc2cn(C)nc2C)c1. The Morgan fingerprint density at radius 2 is 2.05 bits per heavy atom. The molecule has 0 amide bonds. The predicted octanol–water partition coefficient (Wildman–Crippen LogP) is 2.60. The van der Waals surface area contributed by atoms with E-state index in [4.69, 9.17) is 9.47 Å². The highest BCUT2D eigenvalue weighted by Gasteiger charge is 2.13. The molecule has 0 saturated carbocycles. The highest BCUT2D eigenvalue weighted by molar-refractivity contribution is 5.42. The van der Waals surface area contributed by atoms with Crippen molar-refractivity contribution >= 4 is 0 Å². The van der Waals surface area contributed by atoms with Gasteiger partial charge < -0.3 is 14.8 Å². The quantitative estimate of drug-likeness (QED) is 0.888. The first-order valence-electron chi connectivity index (χ1n) is 6.99. The zero-order chi connectivity index (χ0) is 15.4. The highest BCUT2D eigenvalue weighted by atomic mass is 16.5. The van der Waals surface area contributed by atoms with Crippen molar-refractivity contribution in [2.75, 3.05) is 14.2 Å². The summed E-state index contributed by atoms with van der Waals surface area (Å²) in [5, 5.41) is 7.86. The van der Waals surface area contributed by atoms with E-state index in [9.17, 15) is 0 Å². The van der Waals surface area contributed by atoms with Crippen LogP contribution in [0.1, 0.15) is 29.8 Å². The van der Waals surface area contributed by atoms with Gasteiger partial charge in [-0.05, 0) is 32.0 Å². The van der Waals surface area contributed by atoms with Crippen LogP contribution in [0.25, 0.3) is 0 Å². The third-order valence-corrected chi connectivity index (χ3v) is 3.62. The Labute approximate surface area is 125 Å². The lowest BCUT2D eigenvalue weighted by Crippen LogP contribution is -2.19. The van der Waals surface area contributed by atoms with Crippen LogP contribution in [0.4, 0.5) is 0 Å². The highest BCUT2D eigenvalue weighted by Crippen LogP contribution is 2.29. The zero-order valence-electron chi connectivity index (χ0n) is 13.3. The number of aryl methyl sites for hydroxylation is 2. The van der Waals surface area contributed by atoms with Gasteiger partial charge in [0.15, 0.2) is 0 Å². The van der Waals surface area contributed by atoms with Gasteiger partial charge in [-0.1, -0.05) is 0 Å². The molecule has 2 aromatic rings. The topological polar surface area (TPSA) is 48.3 Å². The lowest BCUT2D eigenvalue weighted by atomic mass is 10.1. The molecule has 0 saturated heterocycles. The van der Waals surface area contributed by atoms with Crippen molar-refractivity contribution < 1.29 is 9.47 Å². The van der Waals surface area contributed by atoms with Gasteiger partial charge in [-0.3, -0.25) is 4.68 Å². The number of nitrogens with zero attached hydrogens (tertiary/aromatic N) is 2. The van der Waals surface area contributed by atoms with Crippen LogP contribution in [0, 0.1) is 6.92 Å². The van der Waals surface area contributed by atoms with Gasteiger partial charge in [0.2, 0.25) is 0 Å². The minimum absolute atomic E-state index is 0.148. The van der Waals surface area contributed by atoms with Gasteiger partial charge in [-0.15, -0.1) is 0 Å². The molecule has 0 radical (unpaired) electrons. The molecule has 114 valence electrons. The number of hydrogen-bond donors (Lipinski definition) is 1. The van der Waals surface area contributed by atoms with E-state index in [0.717, 1.165) is 29.3 Å². The second kappa shape index (κ2) is 6.63. The number of benzene rings is 1. The van der Waals surface area contributed by atoms with E-state index in [1.54, 1.807) is 14.2 Å². The summed E-state index contributed by atoms with van der Waals surface area (Å²) in [7, 11) is 5.29. The van der Waals surface area contributed by atoms with E-state index in [0.29, 0.717) is 0 Å². The van der Waals surface area contributed by atoms with Crippen LogP contribution < -0.4 is 14.8 Å². The van der Waals surface area contributed by atoms with E-state index in [1.165, 1.54) is 5.56 Å². The summed E-state index contributed by atoms with van der Waals surface area (Å²) in [6.45, 7) is 4.90. The van der Waals surface area contributed by atoms with Crippen molar-refractivity contribution in [1.82, 2.24) is 15.1 Å². The minimum atomic E-state index is 0.148. The molecule has 0 bridgehead atoms. The number of rotatable bonds is 6. The predicted molar refractivity (Wildman–Crippen MR) is 82.7 cm³/mol. The summed E-state index contributed by atoms with van der Waals surface area (Å²) in [6, 6.07) is 5.99. The molecule has 0 spiro atoms. The van der Waals surface area contributed by atoms with E-state index < -0.39 is 0 Å². The molecule has 5 heteroatoms. The van der Waals surface area contributed by atoms with Crippen molar-refractivity contribution in [2.45, 2.75) is 26.4 Å². The van der Waals surface area contributed by atoms with Crippen molar-refractivity contribution in [2.24, 2.45) is 7.05 Å². The van der Waals surface area contributed by atoms with Gasteiger partial charge in [0, 0.05) is 37.0 Å². The van der Waals surface area contributed by atoms with Crippen LogP contribution in [0.2, 0.25) is 0 Å². The molecular weight excluding hydrogens is 266 g/mol. The van der Waals surface area contributed by atoms with Crippen LogP contribution in [0.3, 0.4) is 0 Å². The fraction of sp³-hybridized carbons (Fsp3) is 0.438. The van der Waals surface area contributed by atoms with E-state index in [-0.39, 0.29) is 6.04 Å². The van der Waals surface area contributed by atoms with Gasteiger partial charge in [0.1, 0.15) is 11.5 Å². The van der Waals surface area contributed by atoms with Gasteiger partial charge in [0.25, 0.3) is 0 Å². The summed E-state index contributed by atoms with van der Waals surface area (Å²) in [4.78, 5) is 0. The molecule has 0 aliphatic rings. The van der Waals surface area contributed by atoms with Crippen LogP contribution in [-0.2, 0) is 13.6 Å². The molecule has 1 aromatic carbocycles. The van der Waals surface area contributed by atoms with Crippen molar-refractivity contribution in [3.05, 3.63) is 41.2 Å². The second-order valence-electron chi connectivity index (χ2n) is 5.12. The number of nitrogens with one attached hydrogen (secondary N) is 1. The fourth-order valence-electron chi connectivity index (χ4n) is 2.37. The molecule has 1 heterocycles. The van der Waals surface area contributed by atoms with Crippen LogP contribution in [0.15, 0.2) is 24.4 Å². The normalized spacial score (nSPS) is 12.2. The summed E-state index contributed by atoms with van der Waals surface area (Å²) in [5.74, 6) is 1.69. The number of hydrogen-bond acceptors (Lipinski definition) is 4. The molecule has 1 unspecified atom stereocenters. The standard InChI is InChI=1S/C16H23N3O2/c1-11-13(10-19(3)18-11)9-17-12(2)15-8-14(20-4)6-7-16(15)21-5/h6-8,10,12,17H,9H2,1-5H3. The molecule has 1 aromatic heterocycles. The molecule has 2 rings (SSSR count). The van der Waals surface area contributed by atoms with Crippen LogP contribution in [-0.4, -0.2) is 24.0 Å². The first-order chi connectivity index (χ1) is 10.0. The monoisotopic (exact) mass is 289 g/mol. The Morgan fingerprint density at radius 3 is 2.62 bits per heavy atom. The third kappa shape index (κ3) is 3.55. The van der Waals surface area contributed by atoms with Gasteiger partial charge in [0.05, 0.1) is 19.9 Å². The molecule has 0 fully saturated rings. The average molecular weight is 289 g/mol. The van der Waals surface area contributed by atoms with Crippen LogP contribution >= 0.6 is 0 Å². The lowest BCUT2D eigenvalue weighted by Gasteiger charge is -2.18. The van der Waals surface area contributed by atoms with Crippen molar-refractivity contribution in [3.63, 3.8) is 0 Å². The Hall–Kier alpha value is -2.01. The molecule has 0 aliphatic carbocycles. The van der Waals surface area contributed by atoms with E-state index >= 15 is 0 Å². The maximum Gasteiger partial charge on any atom is 0.123 e. The molecule has 5 nitrogen and oxygen atoms in total. The summed E-state index contributed by atoms with van der Waals surface area (Å²) in [5.41, 5.74) is 3.33. The molecule has 1 atom stereocenters. The Morgan fingerprint density at radius 1 is 1.29 bits per heavy atom. The van der Waals surface area contributed by atoms with Crippen molar-refractivity contribution in [1.29, 1.82) is 0 Å². The molecule has 0 aliphatic heterocycles. The minimum Gasteiger partial charge on any atom is -0.497 e. The maximum atomic E-state index is 5.43. The zero-order valence-corrected chi connectivity index (χ0v) is 13.3. The van der Waals surface area contributed by atoms with Gasteiger partial charge in [-0.2, -0.15) is 5.10 Å². The Balaban J connectivity index is 2.12. The fourth-order valence-corrected chi connectivity index (χ4v) is 2.37. The first kappa shape index (κ1) is 15.4. The number of ether oxygens (including phenoxy) is 2. The second-order valence-corrected chi connectivity index (χ2v) is 5.12. The van der Waals surface area contributed by atoms with Crippen LogP contribution in [0.5, 0.6) is 11.5 Å². The third-order valence-electron chi connectivity index (χ3n) is 3.62. The van der Waals surface area contributed by atoms with Gasteiger partial charge >= 0.3 is 0 Å². The Bertz CT molecular complexity index is 608. The molecular formula is C16H23N3O2. The summed E-state index contributed by atoms with van der Waals surface area (Å²) < 4.78 is 12.6. The van der Waals surface area contributed by atoms with E-state index in [2.05, 4.69) is 17.3 Å².